The summed E-state index contributed by atoms with van der Waals surface area (Å²) in [7, 11) is -0.156. The van der Waals surface area contributed by atoms with Gasteiger partial charge in [0.1, 0.15) is 0 Å². The molecule has 0 aliphatic heterocycles. The van der Waals surface area contributed by atoms with Gasteiger partial charge in [0.05, 0.1) is 4.90 Å². The van der Waals surface area contributed by atoms with Crippen molar-refractivity contribution in [3.8, 4) is 0 Å². The number of sulfonamides is 1. The van der Waals surface area contributed by atoms with Crippen molar-refractivity contribution in [1.82, 2.24) is 14.9 Å². The number of halogens is 1. The van der Waals surface area contributed by atoms with Crippen molar-refractivity contribution < 1.29 is 13.2 Å². The number of benzene rings is 1. The van der Waals surface area contributed by atoms with E-state index in [1.807, 2.05) is 27.8 Å². The zero-order valence-corrected chi connectivity index (χ0v) is 15.8. The summed E-state index contributed by atoms with van der Waals surface area (Å²) < 4.78 is 26.0. The molecule has 1 unspecified atom stereocenters. The van der Waals surface area contributed by atoms with Gasteiger partial charge in [-0.2, -0.15) is 4.31 Å². The summed E-state index contributed by atoms with van der Waals surface area (Å²) in [5.74, 6) is -0.219. The lowest BCUT2D eigenvalue weighted by atomic mass is 10.2. The van der Waals surface area contributed by atoms with Gasteiger partial charge >= 0.3 is 0 Å². The summed E-state index contributed by atoms with van der Waals surface area (Å²) in [5.41, 5.74) is 0.439. The lowest BCUT2D eigenvalue weighted by Gasteiger charge is -2.21. The Labute approximate surface area is 145 Å². The van der Waals surface area contributed by atoms with Crippen LogP contribution in [0.15, 0.2) is 29.2 Å². The van der Waals surface area contributed by atoms with E-state index < -0.39 is 10.0 Å². The van der Waals surface area contributed by atoms with Crippen LogP contribution in [0.2, 0.25) is 0 Å². The van der Waals surface area contributed by atoms with Gasteiger partial charge in [0.2, 0.25) is 10.0 Å². The third-order valence-corrected chi connectivity index (χ3v) is 5.63. The fourth-order valence-corrected chi connectivity index (χ4v) is 3.04. The van der Waals surface area contributed by atoms with Crippen molar-refractivity contribution in [3.63, 3.8) is 0 Å². The molecule has 0 fully saturated rings. The Bertz CT molecular complexity index is 603. The normalized spacial score (nSPS) is 12.8. The second kappa shape index (κ2) is 9.22. The zero-order chi connectivity index (χ0) is 16.9. The van der Waals surface area contributed by atoms with E-state index in [4.69, 9.17) is 0 Å². The van der Waals surface area contributed by atoms with Gasteiger partial charge in [-0.15, -0.1) is 12.4 Å². The van der Waals surface area contributed by atoms with E-state index in [-0.39, 0.29) is 35.3 Å². The van der Waals surface area contributed by atoms with E-state index in [1.165, 1.54) is 28.6 Å². The highest BCUT2D eigenvalue weighted by atomic mass is 35.5. The Hall–Kier alpha value is -1.15. The van der Waals surface area contributed by atoms with Crippen LogP contribution >= 0.6 is 12.4 Å². The highest BCUT2D eigenvalue weighted by Gasteiger charge is 2.23. The minimum absolute atomic E-state index is 0. The molecule has 23 heavy (non-hydrogen) atoms. The molecule has 8 heteroatoms. The number of nitrogens with one attached hydrogen (secondary N) is 2. The second-order valence-electron chi connectivity index (χ2n) is 5.54. The number of likely N-dealkylation sites (N-methyl/N-ethyl adjacent to an activating group) is 1. The zero-order valence-electron chi connectivity index (χ0n) is 14.2. The summed E-state index contributed by atoms with van der Waals surface area (Å²) in [6.45, 7) is 6.08. The smallest absolute Gasteiger partial charge is 0.251 e. The average Bonchev–Trinajstić information content (AvgIpc) is 2.51. The number of hydrogen-bond acceptors (Lipinski definition) is 4. The molecule has 0 saturated carbocycles. The van der Waals surface area contributed by atoms with Crippen molar-refractivity contribution in [2.45, 2.75) is 37.8 Å². The first kappa shape index (κ1) is 21.9. The molecule has 0 aromatic heterocycles. The SMILES string of the molecule is CNC(C)CNC(=O)c1ccc(S(=O)(=O)N(C)C(C)C)cc1.Cl. The Morgan fingerprint density at radius 3 is 2.13 bits per heavy atom. The quantitative estimate of drug-likeness (QED) is 0.769. The number of rotatable bonds is 7. The third kappa shape index (κ3) is 5.76. The Balaban J connectivity index is 0.00000484. The molecule has 1 aromatic carbocycles. The molecule has 0 saturated heterocycles. The molecule has 0 bridgehead atoms. The molecule has 1 aromatic rings. The second-order valence-corrected chi connectivity index (χ2v) is 7.54. The summed E-state index contributed by atoms with van der Waals surface area (Å²) in [5, 5.41) is 5.81. The maximum Gasteiger partial charge on any atom is 0.251 e. The van der Waals surface area contributed by atoms with Crippen molar-refractivity contribution >= 4 is 28.3 Å². The molecule has 0 spiro atoms. The molecule has 0 radical (unpaired) electrons. The highest BCUT2D eigenvalue weighted by molar-refractivity contribution is 7.89. The van der Waals surface area contributed by atoms with Crippen molar-refractivity contribution in [2.24, 2.45) is 0 Å². The fraction of sp³-hybridized carbons (Fsp3) is 0.533. The van der Waals surface area contributed by atoms with Crippen LogP contribution in [0, 0.1) is 0 Å². The van der Waals surface area contributed by atoms with E-state index in [2.05, 4.69) is 10.6 Å². The van der Waals surface area contributed by atoms with Gasteiger partial charge < -0.3 is 10.6 Å². The third-order valence-electron chi connectivity index (χ3n) is 3.58. The van der Waals surface area contributed by atoms with Crippen LogP contribution in [0.3, 0.4) is 0 Å². The predicted octanol–water partition coefficient (Wildman–Crippen LogP) is 1.48. The Morgan fingerprint density at radius 2 is 1.70 bits per heavy atom. The molecule has 1 amide bonds. The monoisotopic (exact) mass is 363 g/mol. The van der Waals surface area contributed by atoms with Crippen LogP contribution in [-0.2, 0) is 10.0 Å². The van der Waals surface area contributed by atoms with Crippen LogP contribution in [0.4, 0.5) is 0 Å². The summed E-state index contributed by atoms with van der Waals surface area (Å²) in [4.78, 5) is 12.2. The fourth-order valence-electron chi connectivity index (χ4n) is 1.67. The largest absolute Gasteiger partial charge is 0.350 e. The number of carbonyl (C=O) groups is 1. The maximum atomic E-state index is 12.3. The number of carbonyl (C=O) groups excluding carboxylic acids is 1. The van der Waals surface area contributed by atoms with Gasteiger partial charge in [-0.3, -0.25) is 4.79 Å². The average molecular weight is 364 g/mol. The van der Waals surface area contributed by atoms with Gasteiger partial charge in [0, 0.05) is 31.2 Å². The molecule has 2 N–H and O–H groups in total. The van der Waals surface area contributed by atoms with Crippen molar-refractivity contribution in [2.75, 3.05) is 20.6 Å². The number of nitrogens with zero attached hydrogens (tertiary/aromatic N) is 1. The maximum absolute atomic E-state index is 12.3. The lowest BCUT2D eigenvalue weighted by molar-refractivity contribution is 0.0950. The Morgan fingerprint density at radius 1 is 1.17 bits per heavy atom. The summed E-state index contributed by atoms with van der Waals surface area (Å²) >= 11 is 0. The molecule has 1 atom stereocenters. The summed E-state index contributed by atoms with van der Waals surface area (Å²) in [6.07, 6.45) is 0. The van der Waals surface area contributed by atoms with Crippen LogP contribution in [0.1, 0.15) is 31.1 Å². The van der Waals surface area contributed by atoms with E-state index in [0.29, 0.717) is 12.1 Å². The van der Waals surface area contributed by atoms with Gasteiger partial charge in [0.25, 0.3) is 5.91 Å². The molecule has 0 heterocycles. The Kier molecular flexibility index (Phi) is 8.76. The van der Waals surface area contributed by atoms with Crippen LogP contribution in [0.25, 0.3) is 0 Å². The van der Waals surface area contributed by atoms with E-state index in [1.54, 1.807) is 7.05 Å². The molecule has 132 valence electrons. The summed E-state index contributed by atoms with van der Waals surface area (Å²) in [6, 6.07) is 6.02. The first-order valence-corrected chi connectivity index (χ1v) is 8.67. The lowest BCUT2D eigenvalue weighted by Crippen LogP contribution is -2.37. The molecule has 0 aliphatic rings. The van der Waals surface area contributed by atoms with Crippen LogP contribution in [0.5, 0.6) is 0 Å². The predicted molar refractivity (Wildman–Crippen MR) is 94.6 cm³/mol. The van der Waals surface area contributed by atoms with E-state index in [9.17, 15) is 13.2 Å². The number of hydrogen-bond donors (Lipinski definition) is 2. The van der Waals surface area contributed by atoms with Gasteiger partial charge in [-0.05, 0) is 52.1 Å². The van der Waals surface area contributed by atoms with E-state index >= 15 is 0 Å². The minimum Gasteiger partial charge on any atom is -0.350 e. The van der Waals surface area contributed by atoms with Crippen LogP contribution < -0.4 is 10.6 Å². The van der Waals surface area contributed by atoms with Crippen LogP contribution in [-0.4, -0.2) is 51.4 Å². The van der Waals surface area contributed by atoms with Gasteiger partial charge in [-0.25, -0.2) is 8.42 Å². The molecule has 1 rings (SSSR count). The molecular formula is C15H26ClN3O3S. The first-order valence-electron chi connectivity index (χ1n) is 7.23. The van der Waals surface area contributed by atoms with Gasteiger partial charge in [-0.1, -0.05) is 0 Å². The van der Waals surface area contributed by atoms with Gasteiger partial charge in [0.15, 0.2) is 0 Å². The standard InChI is InChI=1S/C15H25N3O3S.ClH/c1-11(2)18(5)22(20,21)14-8-6-13(7-9-14)15(19)17-10-12(3)16-4;/h6-9,11-12,16H,10H2,1-5H3,(H,17,19);1H. The highest BCUT2D eigenvalue weighted by Crippen LogP contribution is 2.17. The molecular weight excluding hydrogens is 338 g/mol. The topological polar surface area (TPSA) is 78.5 Å². The van der Waals surface area contributed by atoms with Crippen molar-refractivity contribution in [3.05, 3.63) is 29.8 Å². The number of amides is 1. The van der Waals surface area contributed by atoms with Crippen molar-refractivity contribution in [1.29, 1.82) is 0 Å². The molecule has 6 nitrogen and oxygen atoms in total. The van der Waals surface area contributed by atoms with E-state index in [0.717, 1.165) is 0 Å². The molecule has 0 aliphatic carbocycles. The minimum atomic E-state index is -3.52. The first-order chi connectivity index (χ1) is 10.2.